The summed E-state index contributed by atoms with van der Waals surface area (Å²) in [6.07, 6.45) is 0. The lowest BCUT2D eigenvalue weighted by molar-refractivity contribution is -0.385. The average molecular weight is 227 g/mol. The van der Waals surface area contributed by atoms with Crippen LogP contribution in [0.15, 0.2) is 24.3 Å². The quantitative estimate of drug-likeness (QED) is 0.613. The summed E-state index contributed by atoms with van der Waals surface area (Å²) < 4.78 is 0. The van der Waals surface area contributed by atoms with Crippen molar-refractivity contribution < 1.29 is 14.8 Å². The molecule has 0 amide bonds. The maximum Gasteiger partial charge on any atom is 0.313 e. The van der Waals surface area contributed by atoms with Crippen LogP contribution in [0.25, 0.3) is 0 Å². The van der Waals surface area contributed by atoms with E-state index in [1.54, 1.807) is 18.2 Å². The minimum absolute atomic E-state index is 0.0374. The second kappa shape index (κ2) is 5.35. The van der Waals surface area contributed by atoms with Gasteiger partial charge in [0.05, 0.1) is 10.7 Å². The van der Waals surface area contributed by atoms with E-state index in [1.807, 2.05) is 0 Å². The first kappa shape index (κ1) is 11.5. The van der Waals surface area contributed by atoms with E-state index in [1.165, 1.54) is 6.07 Å². The molecule has 0 aliphatic heterocycles. The summed E-state index contributed by atoms with van der Waals surface area (Å²) >= 11 is 1.14. The van der Waals surface area contributed by atoms with Gasteiger partial charge < -0.3 is 5.11 Å². The Morgan fingerprint density at radius 3 is 2.73 bits per heavy atom. The predicted octanol–water partition coefficient (Wildman–Crippen LogP) is 1.91. The van der Waals surface area contributed by atoms with E-state index in [2.05, 4.69) is 0 Å². The first-order valence-electron chi connectivity index (χ1n) is 4.13. The van der Waals surface area contributed by atoms with Crippen LogP contribution in [-0.2, 0) is 10.5 Å². The van der Waals surface area contributed by atoms with Crippen molar-refractivity contribution in [3.05, 3.63) is 39.9 Å². The van der Waals surface area contributed by atoms with Crippen LogP contribution in [-0.4, -0.2) is 21.8 Å². The first-order chi connectivity index (χ1) is 7.11. The molecule has 5 nitrogen and oxygen atoms in total. The zero-order valence-electron chi connectivity index (χ0n) is 7.75. The molecule has 0 heterocycles. The molecular weight excluding hydrogens is 218 g/mol. The molecule has 0 aliphatic carbocycles. The lowest BCUT2D eigenvalue weighted by atomic mass is 10.2. The normalized spacial score (nSPS) is 9.87. The smallest absolute Gasteiger partial charge is 0.313 e. The second-order valence-electron chi connectivity index (χ2n) is 2.77. The molecule has 0 saturated carbocycles. The van der Waals surface area contributed by atoms with Gasteiger partial charge in [-0.05, 0) is 0 Å². The summed E-state index contributed by atoms with van der Waals surface area (Å²) in [6.45, 7) is 0. The molecule has 15 heavy (non-hydrogen) atoms. The van der Waals surface area contributed by atoms with Gasteiger partial charge >= 0.3 is 5.97 Å². The number of carboxylic acids is 1. The highest BCUT2D eigenvalue weighted by molar-refractivity contribution is 7.99. The van der Waals surface area contributed by atoms with Gasteiger partial charge in [-0.15, -0.1) is 11.8 Å². The number of hydrogen-bond donors (Lipinski definition) is 1. The summed E-state index contributed by atoms with van der Waals surface area (Å²) in [7, 11) is 0. The van der Waals surface area contributed by atoms with Crippen molar-refractivity contribution in [3.8, 4) is 0 Å². The van der Waals surface area contributed by atoms with Crippen LogP contribution in [0.4, 0.5) is 5.69 Å². The first-order valence-corrected chi connectivity index (χ1v) is 5.28. The zero-order valence-corrected chi connectivity index (χ0v) is 8.57. The molecule has 6 heteroatoms. The number of hydrogen-bond acceptors (Lipinski definition) is 4. The fourth-order valence-electron chi connectivity index (χ4n) is 1.06. The van der Waals surface area contributed by atoms with Crippen LogP contribution in [0.5, 0.6) is 0 Å². The molecule has 0 aromatic heterocycles. The van der Waals surface area contributed by atoms with Crippen molar-refractivity contribution in [2.75, 3.05) is 5.75 Å². The molecule has 0 radical (unpaired) electrons. The number of rotatable bonds is 5. The number of nitrogens with zero attached hydrogens (tertiary/aromatic N) is 1. The molecule has 1 aromatic rings. The topological polar surface area (TPSA) is 80.4 Å². The highest BCUT2D eigenvalue weighted by Gasteiger charge is 2.12. The minimum Gasteiger partial charge on any atom is -0.481 e. The summed E-state index contributed by atoms with van der Waals surface area (Å²) in [6, 6.07) is 6.33. The number of carboxylic acid groups (broad SMARTS) is 1. The molecule has 1 aromatic carbocycles. The molecule has 1 rings (SSSR count). The van der Waals surface area contributed by atoms with Gasteiger partial charge in [0.2, 0.25) is 0 Å². The van der Waals surface area contributed by atoms with Crippen molar-refractivity contribution in [3.63, 3.8) is 0 Å². The number of carbonyl (C=O) groups is 1. The molecule has 0 atom stereocenters. The molecule has 0 aliphatic rings. The Kier molecular flexibility index (Phi) is 4.11. The summed E-state index contributed by atoms with van der Waals surface area (Å²) in [5.41, 5.74) is 0.587. The SMILES string of the molecule is O=C(O)CSCc1ccccc1[N+](=O)[O-]. The van der Waals surface area contributed by atoms with Gasteiger partial charge in [0.25, 0.3) is 5.69 Å². The molecule has 0 fully saturated rings. The number of nitro groups is 1. The lowest BCUT2D eigenvalue weighted by Crippen LogP contribution is -1.99. The highest BCUT2D eigenvalue weighted by Crippen LogP contribution is 2.22. The van der Waals surface area contributed by atoms with Crippen molar-refractivity contribution in [2.45, 2.75) is 5.75 Å². The van der Waals surface area contributed by atoms with Crippen molar-refractivity contribution >= 4 is 23.4 Å². The molecular formula is C9H9NO4S. The molecule has 80 valence electrons. The average Bonchev–Trinajstić information content (AvgIpc) is 2.17. The van der Waals surface area contributed by atoms with E-state index in [4.69, 9.17) is 5.11 Å². The monoisotopic (exact) mass is 227 g/mol. The van der Waals surface area contributed by atoms with Gasteiger partial charge in [-0.25, -0.2) is 0 Å². The molecule has 0 saturated heterocycles. The van der Waals surface area contributed by atoms with Crippen LogP contribution in [0.3, 0.4) is 0 Å². The Balaban J connectivity index is 2.67. The maximum absolute atomic E-state index is 10.6. The summed E-state index contributed by atoms with van der Waals surface area (Å²) in [5.74, 6) is -0.631. The number of thioether (sulfide) groups is 1. The van der Waals surface area contributed by atoms with Gasteiger partial charge in [0.1, 0.15) is 0 Å². The van der Waals surface area contributed by atoms with Crippen molar-refractivity contribution in [1.29, 1.82) is 0 Å². The van der Waals surface area contributed by atoms with Gasteiger partial charge in [-0.1, -0.05) is 18.2 Å². The van der Waals surface area contributed by atoms with E-state index in [0.29, 0.717) is 11.3 Å². The van der Waals surface area contributed by atoms with Gasteiger partial charge in [-0.2, -0.15) is 0 Å². The molecule has 0 bridgehead atoms. The van der Waals surface area contributed by atoms with E-state index in [-0.39, 0.29) is 11.4 Å². The Morgan fingerprint density at radius 2 is 2.13 bits per heavy atom. The van der Waals surface area contributed by atoms with Crippen LogP contribution in [0.1, 0.15) is 5.56 Å². The second-order valence-corrected chi connectivity index (χ2v) is 3.76. The molecule has 1 N–H and O–H groups in total. The Bertz CT molecular complexity index is 380. The largest absolute Gasteiger partial charge is 0.481 e. The summed E-state index contributed by atoms with van der Waals surface area (Å²) in [4.78, 5) is 20.4. The third kappa shape index (κ3) is 3.59. The Hall–Kier alpha value is -1.56. The maximum atomic E-state index is 10.6. The fourth-order valence-corrected chi connectivity index (χ4v) is 1.80. The molecule has 0 spiro atoms. The van der Waals surface area contributed by atoms with E-state index in [9.17, 15) is 14.9 Å². The van der Waals surface area contributed by atoms with Gasteiger partial charge in [0.15, 0.2) is 0 Å². The van der Waals surface area contributed by atoms with Crippen LogP contribution < -0.4 is 0 Å². The van der Waals surface area contributed by atoms with Gasteiger partial charge in [-0.3, -0.25) is 14.9 Å². The number of benzene rings is 1. The lowest BCUT2D eigenvalue weighted by Gasteiger charge is -2.00. The van der Waals surface area contributed by atoms with Crippen LogP contribution in [0.2, 0.25) is 0 Å². The van der Waals surface area contributed by atoms with E-state index in [0.717, 1.165) is 11.8 Å². The zero-order chi connectivity index (χ0) is 11.3. The van der Waals surface area contributed by atoms with Gasteiger partial charge in [0, 0.05) is 17.4 Å². The molecule has 0 unspecified atom stereocenters. The number of para-hydroxylation sites is 1. The highest BCUT2D eigenvalue weighted by atomic mass is 32.2. The van der Waals surface area contributed by atoms with E-state index < -0.39 is 10.9 Å². The standard InChI is InChI=1S/C9H9NO4S/c11-9(12)6-15-5-7-3-1-2-4-8(7)10(13)14/h1-4H,5-6H2,(H,11,12). The van der Waals surface area contributed by atoms with Crippen molar-refractivity contribution in [2.24, 2.45) is 0 Å². The number of aliphatic carboxylic acids is 1. The fraction of sp³-hybridized carbons (Fsp3) is 0.222. The van der Waals surface area contributed by atoms with Crippen LogP contribution >= 0.6 is 11.8 Å². The Morgan fingerprint density at radius 1 is 1.47 bits per heavy atom. The minimum atomic E-state index is -0.918. The predicted molar refractivity (Wildman–Crippen MR) is 56.9 cm³/mol. The number of nitro benzene ring substituents is 1. The third-order valence-corrected chi connectivity index (χ3v) is 2.64. The van der Waals surface area contributed by atoms with E-state index >= 15 is 0 Å². The van der Waals surface area contributed by atoms with Crippen molar-refractivity contribution in [1.82, 2.24) is 0 Å². The van der Waals surface area contributed by atoms with Crippen LogP contribution in [0, 0.1) is 10.1 Å². The third-order valence-electron chi connectivity index (χ3n) is 1.67. The Labute approximate surface area is 90.3 Å². The summed E-state index contributed by atoms with van der Waals surface area (Å²) in [5, 5.41) is 19.0.